The lowest BCUT2D eigenvalue weighted by Crippen LogP contribution is -2.13. The summed E-state index contributed by atoms with van der Waals surface area (Å²) < 4.78 is 6.01. The number of carbonyl (C=O) groups is 1. The van der Waals surface area contributed by atoms with E-state index in [0.29, 0.717) is 22.0 Å². The van der Waals surface area contributed by atoms with Crippen LogP contribution < -0.4 is 10.1 Å². The van der Waals surface area contributed by atoms with Crippen LogP contribution >= 0.6 is 27.5 Å². The average Bonchev–Trinajstić information content (AvgIpc) is 2.45. The van der Waals surface area contributed by atoms with Crippen molar-refractivity contribution in [3.05, 3.63) is 56.5 Å². The van der Waals surface area contributed by atoms with Crippen molar-refractivity contribution in [3.63, 3.8) is 0 Å². The van der Waals surface area contributed by atoms with Crippen molar-refractivity contribution in [2.24, 2.45) is 0 Å². The zero-order chi connectivity index (χ0) is 15.6. The number of ether oxygens (including phenoxy) is 1. The summed E-state index contributed by atoms with van der Waals surface area (Å²) in [5, 5.41) is 3.46. The van der Waals surface area contributed by atoms with Gasteiger partial charge in [0.25, 0.3) is 5.91 Å². The fourth-order valence-corrected chi connectivity index (χ4v) is 2.51. The quantitative estimate of drug-likeness (QED) is 0.829. The molecule has 0 aliphatic heterocycles. The zero-order valence-corrected chi connectivity index (χ0v) is 14.3. The van der Waals surface area contributed by atoms with E-state index in [-0.39, 0.29) is 5.91 Å². The van der Waals surface area contributed by atoms with E-state index in [1.807, 2.05) is 32.0 Å². The minimum absolute atomic E-state index is 0.203. The summed E-state index contributed by atoms with van der Waals surface area (Å²) in [6.07, 6.45) is 0. The molecule has 0 heterocycles. The fraction of sp³-hybridized carbons (Fsp3) is 0.188. The van der Waals surface area contributed by atoms with Gasteiger partial charge in [0, 0.05) is 15.6 Å². The number of hydrogen-bond donors (Lipinski definition) is 1. The van der Waals surface area contributed by atoms with Gasteiger partial charge in [-0.15, -0.1) is 0 Å². The summed E-state index contributed by atoms with van der Waals surface area (Å²) in [6, 6.07) is 9.11. The number of rotatable bonds is 3. The monoisotopic (exact) mass is 367 g/mol. The van der Waals surface area contributed by atoms with Crippen LogP contribution in [-0.4, -0.2) is 13.0 Å². The van der Waals surface area contributed by atoms with Gasteiger partial charge in [-0.2, -0.15) is 0 Å². The lowest BCUT2D eigenvalue weighted by atomic mass is 10.1. The van der Waals surface area contributed by atoms with Crippen LogP contribution in [0.4, 0.5) is 5.69 Å². The number of amides is 1. The summed E-state index contributed by atoms with van der Waals surface area (Å²) in [5.41, 5.74) is 3.06. The van der Waals surface area contributed by atoms with Crippen molar-refractivity contribution in [3.8, 4) is 5.75 Å². The number of benzene rings is 2. The van der Waals surface area contributed by atoms with Crippen molar-refractivity contribution < 1.29 is 9.53 Å². The van der Waals surface area contributed by atoms with Crippen molar-refractivity contribution in [1.82, 2.24) is 0 Å². The Labute approximate surface area is 137 Å². The van der Waals surface area contributed by atoms with Gasteiger partial charge in [-0.3, -0.25) is 4.79 Å². The molecule has 0 aromatic heterocycles. The highest BCUT2D eigenvalue weighted by molar-refractivity contribution is 9.10. The first-order valence-corrected chi connectivity index (χ1v) is 7.51. The topological polar surface area (TPSA) is 38.3 Å². The second-order valence-electron chi connectivity index (χ2n) is 4.74. The van der Waals surface area contributed by atoms with Gasteiger partial charge in [0.2, 0.25) is 0 Å². The molecule has 2 rings (SSSR count). The molecule has 0 bridgehead atoms. The van der Waals surface area contributed by atoms with Gasteiger partial charge in [-0.25, -0.2) is 0 Å². The number of carbonyl (C=O) groups excluding carboxylic acids is 1. The summed E-state index contributed by atoms with van der Waals surface area (Å²) >= 11 is 9.46. The third kappa shape index (κ3) is 3.57. The number of anilines is 1. The molecule has 5 heteroatoms. The minimum Gasteiger partial charge on any atom is -0.495 e. The summed E-state index contributed by atoms with van der Waals surface area (Å²) in [7, 11) is 1.54. The van der Waals surface area contributed by atoms with Crippen molar-refractivity contribution in [1.29, 1.82) is 0 Å². The Morgan fingerprint density at radius 3 is 2.62 bits per heavy atom. The standard InChI is InChI=1S/C16H15BrClNO2/c1-9-4-5-12(17)11(6-9)16(20)19-14-7-10(2)13(18)8-15(14)21-3/h4-8H,1-3H3,(H,19,20). The van der Waals surface area contributed by atoms with E-state index in [4.69, 9.17) is 16.3 Å². The molecule has 1 amide bonds. The number of methoxy groups -OCH3 is 1. The van der Waals surface area contributed by atoms with Crippen LogP contribution in [0.15, 0.2) is 34.8 Å². The van der Waals surface area contributed by atoms with Gasteiger partial charge < -0.3 is 10.1 Å². The molecule has 0 fully saturated rings. The van der Waals surface area contributed by atoms with Gasteiger partial charge in [-0.05, 0) is 53.5 Å². The van der Waals surface area contributed by atoms with Gasteiger partial charge in [-0.1, -0.05) is 23.2 Å². The summed E-state index contributed by atoms with van der Waals surface area (Å²) in [4.78, 5) is 12.4. The Bertz CT molecular complexity index is 701. The fourth-order valence-electron chi connectivity index (χ4n) is 1.93. The Balaban J connectivity index is 2.35. The number of nitrogens with one attached hydrogen (secondary N) is 1. The highest BCUT2D eigenvalue weighted by Crippen LogP contribution is 2.31. The first kappa shape index (κ1) is 15.9. The SMILES string of the molecule is COc1cc(Cl)c(C)cc1NC(=O)c1cc(C)ccc1Br. The normalized spacial score (nSPS) is 10.3. The van der Waals surface area contributed by atoms with Crippen molar-refractivity contribution in [2.45, 2.75) is 13.8 Å². The summed E-state index contributed by atoms with van der Waals surface area (Å²) in [6.45, 7) is 3.82. The molecule has 2 aromatic rings. The molecule has 110 valence electrons. The average molecular weight is 369 g/mol. The lowest BCUT2D eigenvalue weighted by molar-refractivity contribution is 0.102. The number of halogens is 2. The largest absolute Gasteiger partial charge is 0.495 e. The molecule has 0 radical (unpaired) electrons. The molecule has 0 aliphatic carbocycles. The van der Waals surface area contributed by atoms with Gasteiger partial charge in [0.15, 0.2) is 0 Å². The zero-order valence-electron chi connectivity index (χ0n) is 12.0. The van der Waals surface area contributed by atoms with E-state index in [1.54, 1.807) is 19.2 Å². The predicted octanol–water partition coefficient (Wildman–Crippen LogP) is 4.98. The highest BCUT2D eigenvalue weighted by Gasteiger charge is 2.14. The molecule has 3 nitrogen and oxygen atoms in total. The molecule has 0 spiro atoms. The molecule has 2 aromatic carbocycles. The number of hydrogen-bond acceptors (Lipinski definition) is 2. The van der Waals surface area contributed by atoms with Crippen LogP contribution in [-0.2, 0) is 0 Å². The van der Waals surface area contributed by atoms with Crippen LogP contribution in [0.5, 0.6) is 5.75 Å². The Morgan fingerprint density at radius 2 is 1.95 bits per heavy atom. The van der Waals surface area contributed by atoms with E-state index in [1.165, 1.54) is 0 Å². The van der Waals surface area contributed by atoms with Crippen molar-refractivity contribution >= 4 is 39.1 Å². The molecule has 0 aliphatic rings. The first-order valence-electron chi connectivity index (χ1n) is 6.34. The van der Waals surface area contributed by atoms with E-state index in [0.717, 1.165) is 15.6 Å². The molecule has 1 N–H and O–H groups in total. The van der Waals surface area contributed by atoms with Crippen LogP contribution in [0.25, 0.3) is 0 Å². The molecular formula is C16H15BrClNO2. The summed E-state index contributed by atoms with van der Waals surface area (Å²) in [5.74, 6) is 0.327. The van der Waals surface area contributed by atoms with E-state index >= 15 is 0 Å². The van der Waals surface area contributed by atoms with Crippen LogP contribution in [0.3, 0.4) is 0 Å². The first-order chi connectivity index (χ1) is 9.92. The Kier molecular flexibility index (Phi) is 4.91. The van der Waals surface area contributed by atoms with E-state index in [2.05, 4.69) is 21.2 Å². The smallest absolute Gasteiger partial charge is 0.256 e. The molecule has 0 atom stereocenters. The predicted molar refractivity (Wildman–Crippen MR) is 89.6 cm³/mol. The third-order valence-electron chi connectivity index (χ3n) is 3.10. The van der Waals surface area contributed by atoms with Crippen LogP contribution in [0, 0.1) is 13.8 Å². The maximum Gasteiger partial charge on any atom is 0.256 e. The van der Waals surface area contributed by atoms with E-state index < -0.39 is 0 Å². The lowest BCUT2D eigenvalue weighted by Gasteiger charge is -2.13. The van der Waals surface area contributed by atoms with E-state index in [9.17, 15) is 4.79 Å². The van der Waals surface area contributed by atoms with Crippen LogP contribution in [0.2, 0.25) is 5.02 Å². The second-order valence-corrected chi connectivity index (χ2v) is 6.00. The van der Waals surface area contributed by atoms with Crippen LogP contribution in [0.1, 0.15) is 21.5 Å². The van der Waals surface area contributed by atoms with Crippen molar-refractivity contribution in [2.75, 3.05) is 12.4 Å². The van der Waals surface area contributed by atoms with Gasteiger partial charge in [0.05, 0.1) is 18.4 Å². The molecule has 0 saturated carbocycles. The highest BCUT2D eigenvalue weighted by atomic mass is 79.9. The van der Waals surface area contributed by atoms with Gasteiger partial charge in [0.1, 0.15) is 5.75 Å². The Hall–Kier alpha value is -1.52. The number of aryl methyl sites for hydroxylation is 2. The maximum atomic E-state index is 12.4. The molecular weight excluding hydrogens is 354 g/mol. The molecule has 0 saturated heterocycles. The second kappa shape index (κ2) is 6.50. The molecule has 21 heavy (non-hydrogen) atoms. The Morgan fingerprint density at radius 1 is 1.24 bits per heavy atom. The minimum atomic E-state index is -0.203. The maximum absolute atomic E-state index is 12.4. The molecule has 0 unspecified atom stereocenters. The third-order valence-corrected chi connectivity index (χ3v) is 4.19. The van der Waals surface area contributed by atoms with Gasteiger partial charge >= 0.3 is 0 Å².